The number of carbonyl (C=O) groups is 1. The molecule has 0 radical (unpaired) electrons. The Balaban J connectivity index is 1.89. The first-order chi connectivity index (χ1) is 13.2. The van der Waals surface area contributed by atoms with Crippen molar-refractivity contribution in [1.82, 2.24) is 10.8 Å². The molecular formula is C17H27N5O5S. The van der Waals surface area contributed by atoms with Crippen molar-refractivity contribution in [1.29, 1.82) is 0 Å². The zero-order valence-electron chi connectivity index (χ0n) is 16.2. The maximum absolute atomic E-state index is 12.6. The van der Waals surface area contributed by atoms with Crippen molar-refractivity contribution in [3.63, 3.8) is 0 Å². The highest BCUT2D eigenvalue weighted by atomic mass is 32.2. The summed E-state index contributed by atoms with van der Waals surface area (Å²) in [5.74, 6) is 3.57. The van der Waals surface area contributed by atoms with Crippen LogP contribution in [-0.4, -0.2) is 39.8 Å². The smallest absolute Gasteiger partial charge is 0.301 e. The Labute approximate surface area is 164 Å². The van der Waals surface area contributed by atoms with E-state index in [0.29, 0.717) is 25.3 Å². The van der Waals surface area contributed by atoms with E-state index in [1.165, 1.54) is 19.2 Å². The van der Waals surface area contributed by atoms with Crippen LogP contribution in [0.25, 0.3) is 0 Å². The zero-order chi connectivity index (χ0) is 20.8. The lowest BCUT2D eigenvalue weighted by Crippen LogP contribution is -2.49. The highest BCUT2D eigenvalue weighted by Gasteiger charge is 2.47. The van der Waals surface area contributed by atoms with Gasteiger partial charge in [-0.3, -0.25) is 9.63 Å². The molecule has 0 aliphatic carbocycles. The van der Waals surface area contributed by atoms with Gasteiger partial charge in [0.25, 0.3) is 11.7 Å². The number of nitrogens with zero attached hydrogens (tertiary/aromatic N) is 2. The van der Waals surface area contributed by atoms with Crippen LogP contribution in [-0.2, 0) is 30.8 Å². The molecule has 1 aliphatic heterocycles. The van der Waals surface area contributed by atoms with Gasteiger partial charge in [0, 0.05) is 26.1 Å². The van der Waals surface area contributed by atoms with Crippen molar-refractivity contribution in [3.05, 3.63) is 29.8 Å². The number of ether oxygens (including phenoxy) is 1. The van der Waals surface area contributed by atoms with Crippen LogP contribution < -0.4 is 16.6 Å². The molecule has 1 amide bonds. The van der Waals surface area contributed by atoms with Gasteiger partial charge >= 0.3 is 10.0 Å². The largest absolute Gasteiger partial charge is 0.351 e. The number of rotatable bonds is 9. The summed E-state index contributed by atoms with van der Waals surface area (Å²) in [5, 5.41) is 5.62. The Kier molecular flexibility index (Phi) is 7.47. The molecular weight excluding hydrogens is 386 g/mol. The van der Waals surface area contributed by atoms with Crippen molar-refractivity contribution in [2.45, 2.75) is 49.8 Å². The second kappa shape index (κ2) is 9.41. The van der Waals surface area contributed by atoms with Crippen molar-refractivity contribution in [2.24, 2.45) is 21.5 Å². The monoisotopic (exact) mass is 413 g/mol. The third-order valence-corrected chi connectivity index (χ3v) is 5.59. The molecule has 0 spiro atoms. The fourth-order valence-electron chi connectivity index (χ4n) is 3.04. The number of methoxy groups -OCH3 is 1. The van der Waals surface area contributed by atoms with Gasteiger partial charge in [0.2, 0.25) is 0 Å². The van der Waals surface area contributed by atoms with Gasteiger partial charge in [0.1, 0.15) is 0 Å². The maximum atomic E-state index is 12.6. The van der Waals surface area contributed by atoms with E-state index in [1.807, 2.05) is 0 Å². The normalized spacial score (nSPS) is 22.8. The summed E-state index contributed by atoms with van der Waals surface area (Å²) in [4.78, 5) is 18.0. The van der Waals surface area contributed by atoms with Gasteiger partial charge in [-0.25, -0.2) is 0 Å². The highest BCUT2D eigenvalue weighted by molar-refractivity contribution is 7.90. The van der Waals surface area contributed by atoms with Crippen LogP contribution in [0.2, 0.25) is 0 Å². The van der Waals surface area contributed by atoms with Crippen molar-refractivity contribution in [2.75, 3.05) is 13.7 Å². The number of carbonyl (C=O) groups excluding carboxylic acids is 1. The molecule has 2 rings (SSSR count). The minimum atomic E-state index is -3.87. The summed E-state index contributed by atoms with van der Waals surface area (Å²) in [6.45, 7) is 4.55. The van der Waals surface area contributed by atoms with Crippen LogP contribution in [0.3, 0.4) is 0 Å². The molecule has 28 heavy (non-hydrogen) atoms. The van der Waals surface area contributed by atoms with Crippen LogP contribution in [0.5, 0.6) is 0 Å². The lowest BCUT2D eigenvalue weighted by molar-refractivity contribution is -0.218. The minimum absolute atomic E-state index is 0.00514. The van der Waals surface area contributed by atoms with Crippen molar-refractivity contribution in [3.8, 4) is 0 Å². The molecule has 156 valence electrons. The van der Waals surface area contributed by atoms with E-state index in [4.69, 9.17) is 15.4 Å². The fraction of sp³-hybridized carbons (Fsp3) is 0.588. The Hall–Kier alpha value is -2.08. The number of nitrogens with two attached hydrogens (primary N) is 1. The van der Waals surface area contributed by atoms with Crippen LogP contribution in [0.15, 0.2) is 38.9 Å². The molecule has 1 aliphatic rings. The first-order valence-electron chi connectivity index (χ1n) is 8.95. The van der Waals surface area contributed by atoms with Gasteiger partial charge in [0.15, 0.2) is 0 Å². The van der Waals surface area contributed by atoms with E-state index in [9.17, 15) is 13.2 Å². The highest BCUT2D eigenvalue weighted by Crippen LogP contribution is 2.28. The van der Waals surface area contributed by atoms with Crippen LogP contribution in [0.1, 0.15) is 32.3 Å². The SMILES string of the molecule is CO[C@]1(C(=O)NCCc2ccc(S(=O)(=O)N=NN)cc2)C[C@H](CC(C)C)NO1. The minimum Gasteiger partial charge on any atom is -0.351 e. The standard InChI is InChI=1S/C17H27N5O5S/c1-12(2)10-14-11-17(26-3,27-20-14)16(23)19-9-8-13-4-6-15(7-5-13)28(24,25)22-21-18/h4-7,12,14,20H,8-11H2,1-3H3,(H2,18,22)(H,19,23)/t14-,17+/m0/s1. The molecule has 1 aromatic rings. The van der Waals surface area contributed by atoms with Crippen molar-refractivity contribution < 1.29 is 22.8 Å². The lowest BCUT2D eigenvalue weighted by Gasteiger charge is -2.24. The molecule has 11 heteroatoms. The number of hydrogen-bond donors (Lipinski definition) is 3. The lowest BCUT2D eigenvalue weighted by atomic mass is 9.98. The van der Waals surface area contributed by atoms with Crippen LogP contribution in [0.4, 0.5) is 0 Å². The van der Waals surface area contributed by atoms with Gasteiger partial charge < -0.3 is 15.9 Å². The van der Waals surface area contributed by atoms with E-state index >= 15 is 0 Å². The fourth-order valence-corrected chi connectivity index (χ4v) is 3.73. The Morgan fingerprint density at radius 1 is 1.43 bits per heavy atom. The number of nitrogens with one attached hydrogen (secondary N) is 2. The number of benzene rings is 1. The van der Waals surface area contributed by atoms with Gasteiger partial charge in [0.05, 0.1) is 4.90 Å². The predicted molar refractivity (Wildman–Crippen MR) is 101 cm³/mol. The second-order valence-corrected chi connectivity index (χ2v) is 8.61. The van der Waals surface area contributed by atoms with E-state index in [2.05, 4.69) is 34.4 Å². The van der Waals surface area contributed by atoms with Crippen LogP contribution in [0, 0.1) is 5.92 Å². The topological polar surface area (TPSA) is 144 Å². The Bertz CT molecular complexity index is 797. The molecule has 1 heterocycles. The molecule has 4 N–H and O–H groups in total. The molecule has 0 aromatic heterocycles. The molecule has 1 saturated heterocycles. The van der Waals surface area contributed by atoms with E-state index in [0.717, 1.165) is 12.0 Å². The summed E-state index contributed by atoms with van der Waals surface area (Å²) >= 11 is 0. The molecule has 1 aromatic carbocycles. The number of sulfonamides is 1. The average Bonchev–Trinajstić information content (AvgIpc) is 3.05. The molecule has 2 atom stereocenters. The quantitative estimate of drug-likeness (QED) is 0.312. The summed E-state index contributed by atoms with van der Waals surface area (Å²) in [6.07, 6.45) is 1.81. The zero-order valence-corrected chi connectivity index (χ0v) is 17.0. The van der Waals surface area contributed by atoms with E-state index in [1.54, 1.807) is 12.1 Å². The predicted octanol–water partition coefficient (Wildman–Crippen LogP) is 1.04. The summed E-state index contributed by atoms with van der Waals surface area (Å²) < 4.78 is 31.8. The Morgan fingerprint density at radius 3 is 2.68 bits per heavy atom. The van der Waals surface area contributed by atoms with Crippen molar-refractivity contribution >= 4 is 15.9 Å². The second-order valence-electron chi connectivity index (χ2n) is 7.03. The number of hydrogen-bond acceptors (Lipinski definition) is 7. The molecule has 10 nitrogen and oxygen atoms in total. The van der Waals surface area contributed by atoms with Gasteiger partial charge in [-0.15, -0.1) is 0 Å². The summed E-state index contributed by atoms with van der Waals surface area (Å²) in [5.41, 5.74) is 3.73. The number of amides is 1. The molecule has 0 saturated carbocycles. The first kappa shape index (κ1) is 22.2. The molecule has 1 fully saturated rings. The molecule has 0 bridgehead atoms. The van der Waals surface area contributed by atoms with E-state index in [-0.39, 0.29) is 16.8 Å². The Morgan fingerprint density at radius 2 is 2.11 bits per heavy atom. The van der Waals surface area contributed by atoms with E-state index < -0.39 is 15.8 Å². The number of hydroxylamine groups is 1. The third-order valence-electron chi connectivity index (χ3n) is 4.41. The maximum Gasteiger partial charge on any atom is 0.301 e. The summed E-state index contributed by atoms with van der Waals surface area (Å²) in [6, 6.07) is 6.16. The summed E-state index contributed by atoms with van der Waals surface area (Å²) in [7, 11) is -2.43. The average molecular weight is 414 g/mol. The first-order valence-corrected chi connectivity index (χ1v) is 10.4. The molecule has 0 unspecified atom stereocenters. The third kappa shape index (κ3) is 5.47. The van der Waals surface area contributed by atoms with Gasteiger partial charge in [-0.2, -0.15) is 13.9 Å². The van der Waals surface area contributed by atoms with Crippen LogP contribution >= 0.6 is 0 Å². The van der Waals surface area contributed by atoms with Gasteiger partial charge in [-0.05, 0) is 41.0 Å². The van der Waals surface area contributed by atoms with Gasteiger partial charge in [-0.1, -0.05) is 31.2 Å².